The summed E-state index contributed by atoms with van der Waals surface area (Å²) in [5.41, 5.74) is 4.73. The van der Waals surface area contributed by atoms with Gasteiger partial charge in [0.2, 0.25) is 5.91 Å². The number of alkyl halides is 2. The Balaban J connectivity index is 0.882. The van der Waals surface area contributed by atoms with Gasteiger partial charge in [0.15, 0.2) is 5.82 Å². The van der Waals surface area contributed by atoms with Gasteiger partial charge in [-0.1, -0.05) is 78.9 Å². The molecule has 0 saturated carbocycles. The van der Waals surface area contributed by atoms with E-state index in [-0.39, 0.29) is 29.5 Å². The Labute approximate surface area is 378 Å². The minimum absolute atomic E-state index is 0.0540. The van der Waals surface area contributed by atoms with E-state index in [1.807, 2.05) is 41.3 Å². The molecule has 4 N–H and O–H groups in total. The molecule has 9 rings (SSSR count). The minimum atomic E-state index is -3.20. The number of benzene rings is 4. The molecule has 6 aromatic rings. The van der Waals surface area contributed by atoms with Gasteiger partial charge in [0.25, 0.3) is 11.8 Å². The normalized spacial score (nSPS) is 19.3. The number of H-pyrrole nitrogens is 2. The number of nitrogens with one attached hydrogen (secondary N) is 4. The highest BCUT2D eigenvalue weighted by Gasteiger charge is 2.50. The number of fused-ring (bicyclic) bond motifs is 1. The van der Waals surface area contributed by atoms with Gasteiger partial charge in [-0.2, -0.15) is 5.10 Å². The number of halogens is 2. The van der Waals surface area contributed by atoms with Gasteiger partial charge >= 0.3 is 12.2 Å². The zero-order valence-corrected chi connectivity index (χ0v) is 36.3. The zero-order valence-electron chi connectivity index (χ0n) is 36.3. The molecule has 342 valence electrons. The molecule has 4 aromatic carbocycles. The van der Waals surface area contributed by atoms with Crippen LogP contribution in [-0.4, -0.2) is 111 Å². The first kappa shape index (κ1) is 44.0. The number of methoxy groups -OCH3 is 2. The highest BCUT2D eigenvalue weighted by Crippen LogP contribution is 2.42. The van der Waals surface area contributed by atoms with Gasteiger partial charge in [-0.25, -0.2) is 28.3 Å². The fourth-order valence-corrected chi connectivity index (χ4v) is 9.29. The maximum absolute atomic E-state index is 15.0. The Morgan fingerprint density at radius 2 is 1.44 bits per heavy atom. The lowest BCUT2D eigenvalue weighted by Crippen LogP contribution is -2.53. The maximum Gasteiger partial charge on any atom is 0.407 e. The van der Waals surface area contributed by atoms with Crippen LogP contribution >= 0.6 is 0 Å². The zero-order chi connectivity index (χ0) is 46.0. The van der Waals surface area contributed by atoms with Crippen LogP contribution in [0, 0.1) is 5.92 Å². The van der Waals surface area contributed by atoms with Crippen LogP contribution in [-0.2, 0) is 23.8 Å². The van der Waals surface area contributed by atoms with Crippen LogP contribution in [0.15, 0.2) is 97.2 Å². The first-order chi connectivity index (χ1) is 32.0. The Morgan fingerprint density at radius 3 is 2.17 bits per heavy atom. The topological polar surface area (TPSA) is 197 Å². The van der Waals surface area contributed by atoms with Crippen molar-refractivity contribution >= 4 is 34.8 Å². The van der Waals surface area contributed by atoms with Crippen LogP contribution in [0.25, 0.3) is 44.5 Å². The molecule has 16 nitrogen and oxygen atoms in total. The van der Waals surface area contributed by atoms with Gasteiger partial charge < -0.3 is 39.6 Å². The third-order valence-electron chi connectivity index (χ3n) is 12.7. The lowest BCUT2D eigenvalue weighted by atomic mass is 9.90. The van der Waals surface area contributed by atoms with E-state index < -0.39 is 55.1 Å². The summed E-state index contributed by atoms with van der Waals surface area (Å²) in [4.78, 5) is 68.0. The summed E-state index contributed by atoms with van der Waals surface area (Å²) in [6.07, 6.45) is 2.51. The van der Waals surface area contributed by atoms with Gasteiger partial charge in [-0.3, -0.25) is 14.7 Å². The van der Waals surface area contributed by atoms with Gasteiger partial charge in [0.1, 0.15) is 23.7 Å². The summed E-state index contributed by atoms with van der Waals surface area (Å²) < 4.78 is 45.1. The number of hydrogen-bond donors (Lipinski definition) is 4. The van der Waals surface area contributed by atoms with Gasteiger partial charge in [-0.05, 0) is 71.2 Å². The fraction of sp³-hybridized carbons (Fsp3) is 0.354. The second kappa shape index (κ2) is 18.7. The lowest BCUT2D eigenvalue weighted by molar-refractivity contribution is -0.137. The number of aromatic nitrogens is 5. The molecule has 4 atom stereocenters. The molecule has 1 unspecified atom stereocenters. The van der Waals surface area contributed by atoms with Crippen molar-refractivity contribution in [2.75, 3.05) is 40.5 Å². The number of hydrogen-bond acceptors (Lipinski definition) is 10. The smallest absolute Gasteiger partial charge is 0.407 e. The van der Waals surface area contributed by atoms with E-state index in [0.29, 0.717) is 49.6 Å². The number of imidazole rings is 1. The third-order valence-corrected chi connectivity index (χ3v) is 12.7. The SMILES string of the molecule is COC(=O)N[C@H](C(=O)N1CCC[C@H]1c1ncc(-c2ccc3cc(-c4ccc(-c5n[nH]c(C6CC(F)(F)CN6C(=O)[C@H](NC(=O)OC)c6ccccc6)n5)cc4)ccc3c2)[nH]1)C1CCOCC1. The van der Waals surface area contributed by atoms with Crippen LogP contribution < -0.4 is 10.6 Å². The van der Waals surface area contributed by atoms with Crippen LogP contribution in [0.2, 0.25) is 0 Å². The van der Waals surface area contributed by atoms with E-state index in [4.69, 9.17) is 19.2 Å². The third kappa shape index (κ3) is 9.18. The van der Waals surface area contributed by atoms with Crippen molar-refractivity contribution in [2.24, 2.45) is 5.92 Å². The highest BCUT2D eigenvalue weighted by molar-refractivity contribution is 5.91. The first-order valence-electron chi connectivity index (χ1n) is 21.9. The van der Waals surface area contributed by atoms with Gasteiger partial charge in [0.05, 0.1) is 44.7 Å². The van der Waals surface area contributed by atoms with Gasteiger partial charge in [0, 0.05) is 37.3 Å². The minimum Gasteiger partial charge on any atom is -0.453 e. The Kier molecular flexibility index (Phi) is 12.5. The van der Waals surface area contributed by atoms with Crippen LogP contribution in [0.3, 0.4) is 0 Å². The second-order valence-corrected chi connectivity index (χ2v) is 16.9. The summed E-state index contributed by atoms with van der Waals surface area (Å²) >= 11 is 0. The summed E-state index contributed by atoms with van der Waals surface area (Å²) in [7, 11) is 2.45. The molecule has 18 heteroatoms. The fourth-order valence-electron chi connectivity index (χ4n) is 9.29. The molecule has 0 spiro atoms. The number of nitrogens with zero attached hydrogens (tertiary/aromatic N) is 5. The average Bonchev–Trinajstić information content (AvgIpc) is 4.19. The number of likely N-dealkylation sites (tertiary alicyclic amines) is 2. The molecule has 66 heavy (non-hydrogen) atoms. The maximum atomic E-state index is 15.0. The largest absolute Gasteiger partial charge is 0.453 e. The number of aromatic amines is 2. The van der Waals surface area contributed by atoms with E-state index in [9.17, 15) is 19.2 Å². The summed E-state index contributed by atoms with van der Waals surface area (Å²) in [5, 5.41) is 14.4. The molecule has 3 fully saturated rings. The van der Waals surface area contributed by atoms with Crippen molar-refractivity contribution in [1.82, 2.24) is 45.6 Å². The van der Waals surface area contributed by atoms with Crippen molar-refractivity contribution in [2.45, 2.75) is 62.2 Å². The van der Waals surface area contributed by atoms with Crippen molar-refractivity contribution in [3.63, 3.8) is 0 Å². The molecule has 0 aliphatic carbocycles. The van der Waals surface area contributed by atoms with E-state index in [2.05, 4.69) is 55.1 Å². The molecule has 2 aromatic heterocycles. The number of carbonyl (C=O) groups excluding carboxylic acids is 4. The highest BCUT2D eigenvalue weighted by atomic mass is 19.3. The molecular weight excluding hydrogens is 853 g/mol. The quantitative estimate of drug-likeness (QED) is 0.101. The van der Waals surface area contributed by atoms with Gasteiger partial charge in [-0.15, -0.1) is 0 Å². The summed E-state index contributed by atoms with van der Waals surface area (Å²) in [6, 6.07) is 24.9. The predicted molar refractivity (Wildman–Crippen MR) is 238 cm³/mol. The van der Waals surface area contributed by atoms with Crippen molar-refractivity contribution in [3.8, 4) is 33.8 Å². The number of alkyl carbamates (subject to hydrolysis) is 2. The van der Waals surface area contributed by atoms with Crippen LogP contribution in [0.5, 0.6) is 0 Å². The van der Waals surface area contributed by atoms with Crippen LogP contribution in [0.1, 0.15) is 67.4 Å². The molecule has 0 bridgehead atoms. The number of rotatable bonds is 11. The standard InChI is InChI=1S/C48H49F2N9O7/c1-64-46(62)53-39(29-7-4-3-5-8-29)45(61)59-27-48(49,50)25-38(59)43-55-41(56-57-43)31-12-10-28(11-13-31)32-14-15-34-24-35(17-16-33(34)23-32)36-26-51-42(52-36)37-9-6-20-58(37)44(60)40(54-47(63)65-2)30-18-21-66-22-19-30/h3-5,7-8,10-17,23-24,26,30,37-40H,6,9,18-22,25,27H2,1-2H3,(H,51,52)(H,53,62)(H,54,63)(H,55,56,57)/t37-,38?,39+,40-/m0/s1. The number of ether oxygens (including phenoxy) is 3. The Bertz CT molecular complexity index is 2720. The van der Waals surface area contributed by atoms with Crippen molar-refractivity contribution in [1.29, 1.82) is 0 Å². The second-order valence-electron chi connectivity index (χ2n) is 16.9. The average molecular weight is 902 g/mol. The lowest BCUT2D eigenvalue weighted by Gasteiger charge is -2.34. The van der Waals surface area contributed by atoms with Crippen LogP contribution in [0.4, 0.5) is 18.4 Å². The van der Waals surface area contributed by atoms with E-state index >= 15 is 8.78 Å². The molecule has 0 radical (unpaired) electrons. The predicted octanol–water partition coefficient (Wildman–Crippen LogP) is 7.50. The molecule has 3 aliphatic heterocycles. The molecule has 3 aliphatic rings. The molecular formula is C48H49F2N9O7. The summed E-state index contributed by atoms with van der Waals surface area (Å²) in [5.74, 6) is -3.05. The number of amides is 4. The van der Waals surface area contributed by atoms with E-state index in [0.717, 1.165) is 58.0 Å². The van der Waals surface area contributed by atoms with E-state index in [1.54, 1.807) is 36.5 Å². The Hall–Kier alpha value is -7.21. The van der Waals surface area contributed by atoms with Crippen molar-refractivity contribution < 1.29 is 42.2 Å². The van der Waals surface area contributed by atoms with E-state index in [1.165, 1.54) is 7.11 Å². The number of carbonyl (C=O) groups is 4. The Morgan fingerprint density at radius 1 is 0.773 bits per heavy atom. The molecule has 4 amide bonds. The van der Waals surface area contributed by atoms with Crippen molar-refractivity contribution in [3.05, 3.63) is 114 Å². The molecule has 5 heterocycles. The first-order valence-corrected chi connectivity index (χ1v) is 21.9. The summed E-state index contributed by atoms with van der Waals surface area (Å²) in [6.45, 7) is 0.782. The monoisotopic (exact) mass is 901 g/mol. The molecule has 3 saturated heterocycles.